The minimum absolute atomic E-state index is 0.105. The summed E-state index contributed by atoms with van der Waals surface area (Å²) >= 11 is 2.63. The quantitative estimate of drug-likeness (QED) is 0.397. The third-order valence-electron chi connectivity index (χ3n) is 4.00. The zero-order valence-electron chi connectivity index (χ0n) is 15.1. The number of aromatic nitrogens is 3. The summed E-state index contributed by atoms with van der Waals surface area (Å²) in [7, 11) is 1.66. The van der Waals surface area contributed by atoms with Crippen molar-refractivity contribution >= 4 is 45.0 Å². The van der Waals surface area contributed by atoms with Crippen LogP contribution in [0.4, 0.5) is 5.82 Å². The molecule has 1 aromatic carbocycles. The summed E-state index contributed by atoms with van der Waals surface area (Å²) in [5.41, 5.74) is 1.57. The van der Waals surface area contributed by atoms with Gasteiger partial charge in [-0.15, -0.1) is 11.3 Å². The van der Waals surface area contributed by atoms with E-state index in [1.54, 1.807) is 20.0 Å². The van der Waals surface area contributed by atoms with E-state index in [0.29, 0.717) is 27.0 Å². The highest BCUT2D eigenvalue weighted by Crippen LogP contribution is 2.31. The number of amides is 1. The number of carbonyl (C=O) groups excluding carboxylic acids is 1. The van der Waals surface area contributed by atoms with E-state index in [1.807, 2.05) is 36.4 Å². The molecule has 3 heterocycles. The van der Waals surface area contributed by atoms with Crippen LogP contribution in [0.25, 0.3) is 20.7 Å². The number of fused-ring (bicyclic) bond motifs is 1. The maximum Gasteiger partial charge on any atom is 0.271 e. The topological polar surface area (TPSA) is 90.0 Å². The Kier molecular flexibility index (Phi) is 5.01. The van der Waals surface area contributed by atoms with Crippen molar-refractivity contribution in [3.05, 3.63) is 58.6 Å². The summed E-state index contributed by atoms with van der Waals surface area (Å²) < 4.78 is 7.00. The molecule has 0 saturated heterocycles. The molecule has 0 aliphatic carbocycles. The second kappa shape index (κ2) is 7.61. The van der Waals surface area contributed by atoms with E-state index in [-0.39, 0.29) is 17.2 Å². The van der Waals surface area contributed by atoms with Crippen LogP contribution in [0.1, 0.15) is 5.76 Å². The van der Waals surface area contributed by atoms with Gasteiger partial charge < -0.3 is 9.84 Å². The second-order valence-electron chi connectivity index (χ2n) is 6.11. The lowest BCUT2D eigenvalue weighted by Crippen LogP contribution is -2.20. The van der Waals surface area contributed by atoms with Gasteiger partial charge in [-0.1, -0.05) is 47.3 Å². The van der Waals surface area contributed by atoms with Crippen molar-refractivity contribution in [1.29, 1.82) is 0 Å². The third kappa shape index (κ3) is 3.71. The lowest BCUT2D eigenvalue weighted by Gasteiger charge is -2.06. The van der Waals surface area contributed by atoms with Gasteiger partial charge in [0, 0.05) is 18.0 Å². The molecular formula is C19H16N4O3S2. The molecule has 0 radical (unpaired) electrons. The molecule has 142 valence electrons. The number of benzene rings is 1. The van der Waals surface area contributed by atoms with E-state index in [4.69, 9.17) is 4.52 Å². The van der Waals surface area contributed by atoms with E-state index >= 15 is 0 Å². The van der Waals surface area contributed by atoms with Crippen LogP contribution in [-0.2, 0) is 11.8 Å². The van der Waals surface area contributed by atoms with Gasteiger partial charge >= 0.3 is 0 Å². The summed E-state index contributed by atoms with van der Waals surface area (Å²) in [6, 6.07) is 13.4. The summed E-state index contributed by atoms with van der Waals surface area (Å²) in [4.78, 5) is 30.4. The normalized spacial score (nSPS) is 11.1. The number of aryl methyl sites for hydroxylation is 1. The highest BCUT2D eigenvalue weighted by atomic mass is 32.2. The summed E-state index contributed by atoms with van der Waals surface area (Å²) in [6.07, 6.45) is 0. The highest BCUT2D eigenvalue weighted by molar-refractivity contribution is 7.99. The molecule has 1 N–H and O–H groups in total. The Balaban J connectivity index is 1.56. The van der Waals surface area contributed by atoms with Gasteiger partial charge in [0.25, 0.3) is 5.56 Å². The van der Waals surface area contributed by atoms with E-state index in [1.165, 1.54) is 27.7 Å². The average Bonchev–Trinajstić information content (AvgIpc) is 3.30. The van der Waals surface area contributed by atoms with Gasteiger partial charge in [0.05, 0.1) is 11.3 Å². The minimum atomic E-state index is -0.247. The number of nitrogens with zero attached hydrogens (tertiary/aromatic N) is 3. The third-order valence-corrected chi connectivity index (χ3v) is 6.19. The zero-order valence-corrected chi connectivity index (χ0v) is 16.8. The molecule has 0 atom stereocenters. The van der Waals surface area contributed by atoms with Crippen LogP contribution >= 0.6 is 23.1 Å². The lowest BCUT2D eigenvalue weighted by atomic mass is 10.2. The Hall–Kier alpha value is -2.91. The molecule has 0 spiro atoms. The van der Waals surface area contributed by atoms with E-state index in [2.05, 4.69) is 15.5 Å². The second-order valence-corrected chi connectivity index (χ2v) is 8.10. The van der Waals surface area contributed by atoms with Crippen LogP contribution in [0.15, 0.2) is 56.9 Å². The molecule has 4 aromatic rings. The Bertz CT molecular complexity index is 1210. The van der Waals surface area contributed by atoms with Crippen LogP contribution in [-0.4, -0.2) is 26.4 Å². The van der Waals surface area contributed by atoms with Crippen LogP contribution in [0.3, 0.4) is 0 Å². The molecular weight excluding hydrogens is 396 g/mol. The van der Waals surface area contributed by atoms with Crippen LogP contribution in [0.2, 0.25) is 0 Å². The fraction of sp³-hybridized carbons (Fsp3) is 0.158. The van der Waals surface area contributed by atoms with Crippen molar-refractivity contribution in [3.63, 3.8) is 0 Å². The fourth-order valence-electron chi connectivity index (χ4n) is 2.64. The van der Waals surface area contributed by atoms with Crippen molar-refractivity contribution in [2.75, 3.05) is 11.1 Å². The first-order valence-electron chi connectivity index (χ1n) is 8.43. The number of thiophene rings is 1. The molecule has 0 unspecified atom stereocenters. The predicted octanol–water partition coefficient (Wildman–Crippen LogP) is 3.69. The van der Waals surface area contributed by atoms with Gasteiger partial charge in [-0.2, -0.15) is 0 Å². The number of thioether (sulfide) groups is 1. The van der Waals surface area contributed by atoms with Gasteiger partial charge in [0.2, 0.25) is 5.91 Å². The van der Waals surface area contributed by atoms with Crippen molar-refractivity contribution in [2.45, 2.75) is 12.1 Å². The first-order valence-corrected chi connectivity index (χ1v) is 10.2. The molecule has 0 fully saturated rings. The van der Waals surface area contributed by atoms with Crippen molar-refractivity contribution in [3.8, 4) is 10.4 Å². The van der Waals surface area contributed by atoms with Crippen molar-refractivity contribution in [1.82, 2.24) is 14.7 Å². The lowest BCUT2D eigenvalue weighted by molar-refractivity contribution is -0.113. The van der Waals surface area contributed by atoms with Gasteiger partial charge in [-0.25, -0.2) is 4.98 Å². The molecule has 0 bridgehead atoms. The van der Waals surface area contributed by atoms with E-state index < -0.39 is 0 Å². The first-order chi connectivity index (χ1) is 13.5. The fourth-order valence-corrected chi connectivity index (χ4v) is 4.49. The average molecular weight is 412 g/mol. The molecule has 3 aromatic heterocycles. The maximum absolute atomic E-state index is 12.7. The zero-order chi connectivity index (χ0) is 19.7. The Morgan fingerprint density at radius 2 is 2.07 bits per heavy atom. The number of nitrogens with one attached hydrogen (secondary N) is 1. The number of anilines is 1. The summed E-state index contributed by atoms with van der Waals surface area (Å²) in [5, 5.41) is 6.87. The molecule has 0 aliphatic rings. The molecule has 28 heavy (non-hydrogen) atoms. The van der Waals surface area contributed by atoms with Crippen molar-refractivity contribution in [2.24, 2.45) is 7.05 Å². The number of hydrogen-bond donors (Lipinski definition) is 1. The van der Waals surface area contributed by atoms with Gasteiger partial charge in [0.15, 0.2) is 11.0 Å². The molecule has 9 heteroatoms. The van der Waals surface area contributed by atoms with Crippen LogP contribution in [0, 0.1) is 6.92 Å². The van der Waals surface area contributed by atoms with Crippen LogP contribution < -0.4 is 10.9 Å². The predicted molar refractivity (Wildman–Crippen MR) is 111 cm³/mol. The standard InChI is InChI=1S/C19H16N4O3S2/c1-11-8-15(22-26-11)21-16(24)10-27-19-20-13-9-14(12-6-4-3-5-7-12)28-17(13)18(25)23(19)2/h3-9H,10H2,1-2H3,(H,21,22,24). The number of rotatable bonds is 5. The van der Waals surface area contributed by atoms with E-state index in [9.17, 15) is 9.59 Å². The molecule has 4 rings (SSSR count). The van der Waals surface area contributed by atoms with Gasteiger partial charge in [0.1, 0.15) is 10.5 Å². The highest BCUT2D eigenvalue weighted by Gasteiger charge is 2.15. The largest absolute Gasteiger partial charge is 0.360 e. The Morgan fingerprint density at radius 1 is 1.29 bits per heavy atom. The Morgan fingerprint density at radius 3 is 2.79 bits per heavy atom. The van der Waals surface area contributed by atoms with Crippen LogP contribution in [0.5, 0.6) is 0 Å². The molecule has 1 amide bonds. The molecule has 0 aliphatic heterocycles. The number of carbonyl (C=O) groups is 1. The first kappa shape index (κ1) is 18.5. The molecule has 7 nitrogen and oxygen atoms in total. The van der Waals surface area contributed by atoms with Gasteiger partial charge in [-0.3, -0.25) is 14.2 Å². The van der Waals surface area contributed by atoms with Crippen molar-refractivity contribution < 1.29 is 9.32 Å². The molecule has 0 saturated carbocycles. The summed E-state index contributed by atoms with van der Waals surface area (Å²) in [5.74, 6) is 0.839. The van der Waals surface area contributed by atoms with Gasteiger partial charge in [-0.05, 0) is 18.6 Å². The summed E-state index contributed by atoms with van der Waals surface area (Å²) in [6.45, 7) is 1.75. The maximum atomic E-state index is 12.7. The smallest absolute Gasteiger partial charge is 0.271 e. The SMILES string of the molecule is Cc1cc(NC(=O)CSc2nc3cc(-c4ccccc4)sc3c(=O)n2C)no1. The minimum Gasteiger partial charge on any atom is -0.360 e. The van der Waals surface area contributed by atoms with E-state index in [0.717, 1.165) is 10.4 Å². The number of hydrogen-bond acceptors (Lipinski definition) is 7. The monoisotopic (exact) mass is 412 g/mol. The Labute approximate surface area is 168 Å².